The number of fused-ring (bicyclic) bond motifs is 1. The van der Waals surface area contributed by atoms with Crippen LogP contribution in [0.2, 0.25) is 0 Å². The van der Waals surface area contributed by atoms with Crippen LogP contribution in [0, 0.1) is 0 Å². The molecule has 35 heavy (non-hydrogen) atoms. The van der Waals surface area contributed by atoms with Gasteiger partial charge < -0.3 is 5.32 Å². The molecule has 180 valence electrons. The second kappa shape index (κ2) is 10.0. The van der Waals surface area contributed by atoms with Crippen LogP contribution in [-0.4, -0.2) is 22.5 Å². The lowest BCUT2D eigenvalue weighted by molar-refractivity contribution is -0.136. The maximum Gasteiger partial charge on any atom is 0.417 e. The van der Waals surface area contributed by atoms with Crippen molar-refractivity contribution in [2.24, 2.45) is 0 Å². The van der Waals surface area contributed by atoms with E-state index in [0.717, 1.165) is 23.5 Å². The van der Waals surface area contributed by atoms with Gasteiger partial charge in [-0.2, -0.15) is 13.2 Å². The van der Waals surface area contributed by atoms with Crippen LogP contribution in [0.15, 0.2) is 77.6 Å². The number of aromatic nitrogens is 2. The van der Waals surface area contributed by atoms with Crippen molar-refractivity contribution in [1.82, 2.24) is 9.55 Å². The Morgan fingerprint density at radius 1 is 1.03 bits per heavy atom. The van der Waals surface area contributed by atoms with E-state index in [9.17, 15) is 22.8 Å². The van der Waals surface area contributed by atoms with Gasteiger partial charge in [0.1, 0.15) is 11.6 Å². The van der Waals surface area contributed by atoms with Crippen LogP contribution < -0.4 is 15.6 Å². The highest BCUT2D eigenvalue weighted by atomic mass is 19.4. The largest absolute Gasteiger partial charge is 0.417 e. The zero-order valence-electron chi connectivity index (χ0n) is 18.9. The predicted molar refractivity (Wildman–Crippen MR) is 130 cm³/mol. The summed E-state index contributed by atoms with van der Waals surface area (Å²) < 4.78 is 44.0. The van der Waals surface area contributed by atoms with Gasteiger partial charge in [-0.3, -0.25) is 19.1 Å². The number of hydrogen-bond acceptors (Lipinski definition) is 4. The molecule has 9 heteroatoms. The van der Waals surface area contributed by atoms with Gasteiger partial charge in [0.05, 0.1) is 10.9 Å². The number of benzene rings is 2. The SMILES string of the molecule is CCCCN(C=O)c1cc(C(F)(F)F)c2c(=O)cc(Nc3ccccc3)n(-c3ccccc3)c2n1. The third kappa shape index (κ3) is 5.03. The Labute approximate surface area is 199 Å². The number of para-hydroxylation sites is 2. The molecular weight excluding hydrogens is 457 g/mol. The van der Waals surface area contributed by atoms with Crippen molar-refractivity contribution in [3.8, 4) is 5.69 Å². The number of unbranched alkanes of at least 4 members (excludes halogenated alkanes) is 1. The predicted octanol–water partition coefficient (Wildman–Crippen LogP) is 5.91. The molecule has 4 rings (SSSR count). The van der Waals surface area contributed by atoms with E-state index in [2.05, 4.69) is 10.3 Å². The normalized spacial score (nSPS) is 11.4. The first kappa shape index (κ1) is 24.0. The summed E-state index contributed by atoms with van der Waals surface area (Å²) in [7, 11) is 0. The number of anilines is 3. The van der Waals surface area contributed by atoms with Crippen molar-refractivity contribution >= 4 is 34.8 Å². The number of rotatable bonds is 8. The summed E-state index contributed by atoms with van der Waals surface area (Å²) in [5.41, 5.74) is -1.03. The maximum atomic E-state index is 14.2. The van der Waals surface area contributed by atoms with Crippen molar-refractivity contribution < 1.29 is 18.0 Å². The van der Waals surface area contributed by atoms with Crippen LogP contribution in [0.1, 0.15) is 25.3 Å². The number of nitrogens with zero attached hydrogens (tertiary/aromatic N) is 3. The van der Waals surface area contributed by atoms with Crippen molar-refractivity contribution in [3.63, 3.8) is 0 Å². The Hall–Kier alpha value is -4.14. The minimum Gasteiger partial charge on any atom is -0.341 e. The van der Waals surface area contributed by atoms with Gasteiger partial charge in [-0.05, 0) is 36.8 Å². The lowest BCUT2D eigenvalue weighted by atomic mass is 10.1. The molecule has 6 nitrogen and oxygen atoms in total. The third-order valence-corrected chi connectivity index (χ3v) is 5.49. The van der Waals surface area contributed by atoms with Crippen molar-refractivity contribution in [1.29, 1.82) is 0 Å². The summed E-state index contributed by atoms with van der Waals surface area (Å²) in [4.78, 5) is 30.4. The highest BCUT2D eigenvalue weighted by Crippen LogP contribution is 2.37. The van der Waals surface area contributed by atoms with Crippen molar-refractivity contribution in [2.75, 3.05) is 16.8 Å². The number of alkyl halides is 3. The Bertz CT molecular complexity index is 1390. The van der Waals surface area contributed by atoms with Crippen LogP contribution in [0.25, 0.3) is 16.7 Å². The molecule has 2 aromatic heterocycles. The molecule has 1 amide bonds. The minimum atomic E-state index is -4.84. The lowest BCUT2D eigenvalue weighted by Gasteiger charge is -2.22. The highest BCUT2D eigenvalue weighted by molar-refractivity contribution is 5.88. The first-order chi connectivity index (χ1) is 16.8. The van der Waals surface area contributed by atoms with Crippen LogP contribution >= 0.6 is 0 Å². The lowest BCUT2D eigenvalue weighted by Crippen LogP contribution is -2.26. The van der Waals surface area contributed by atoms with Crippen LogP contribution in [0.5, 0.6) is 0 Å². The zero-order chi connectivity index (χ0) is 25.0. The first-order valence-electron chi connectivity index (χ1n) is 11.1. The number of halogens is 3. The quantitative estimate of drug-likeness (QED) is 0.318. The Kier molecular flexibility index (Phi) is 6.86. The fraction of sp³-hybridized carbons (Fsp3) is 0.192. The summed E-state index contributed by atoms with van der Waals surface area (Å²) in [5, 5.41) is 2.55. The van der Waals surface area contributed by atoms with Gasteiger partial charge >= 0.3 is 6.18 Å². The summed E-state index contributed by atoms with van der Waals surface area (Å²) in [5.74, 6) is 0.0677. The average molecular weight is 480 g/mol. The van der Waals surface area contributed by atoms with Gasteiger partial charge in [0, 0.05) is 24.0 Å². The molecular formula is C26H23F3N4O2. The molecule has 4 aromatic rings. The smallest absolute Gasteiger partial charge is 0.341 e. The summed E-state index contributed by atoms with van der Waals surface area (Å²) in [6.45, 7) is 2.11. The second-order valence-corrected chi connectivity index (χ2v) is 7.93. The molecule has 0 spiro atoms. The number of pyridine rings is 2. The maximum absolute atomic E-state index is 14.2. The van der Waals surface area contributed by atoms with E-state index >= 15 is 0 Å². The number of amides is 1. The van der Waals surface area contributed by atoms with E-state index in [0.29, 0.717) is 24.2 Å². The second-order valence-electron chi connectivity index (χ2n) is 7.93. The fourth-order valence-electron chi connectivity index (χ4n) is 3.82. The molecule has 0 unspecified atom stereocenters. The Morgan fingerprint density at radius 2 is 1.69 bits per heavy atom. The number of carbonyl (C=O) groups excluding carboxylic acids is 1. The zero-order valence-corrected chi connectivity index (χ0v) is 18.9. The van der Waals surface area contributed by atoms with E-state index in [1.807, 2.05) is 13.0 Å². The van der Waals surface area contributed by atoms with Gasteiger partial charge in [-0.1, -0.05) is 49.7 Å². The summed E-state index contributed by atoms with van der Waals surface area (Å²) in [6.07, 6.45) is -3.05. The van der Waals surface area contributed by atoms with Gasteiger partial charge in [0.15, 0.2) is 11.1 Å². The minimum absolute atomic E-state index is 0.172. The first-order valence-corrected chi connectivity index (χ1v) is 11.1. The van der Waals surface area contributed by atoms with Crippen molar-refractivity contribution in [3.05, 3.63) is 88.6 Å². The third-order valence-electron chi connectivity index (χ3n) is 5.49. The number of hydrogen-bond donors (Lipinski definition) is 1. The molecule has 2 aromatic carbocycles. The van der Waals surface area contributed by atoms with E-state index in [-0.39, 0.29) is 23.8 Å². The van der Waals surface area contributed by atoms with E-state index in [4.69, 9.17) is 0 Å². The monoisotopic (exact) mass is 480 g/mol. The molecule has 0 radical (unpaired) electrons. The van der Waals surface area contributed by atoms with Crippen LogP contribution in [-0.2, 0) is 11.0 Å². The van der Waals surface area contributed by atoms with Crippen LogP contribution in [0.4, 0.5) is 30.5 Å². The van der Waals surface area contributed by atoms with Gasteiger partial charge in [0.25, 0.3) is 0 Å². The standard InChI is InChI=1S/C26H23F3N4O2/c1-2-3-14-32(17-34)22-15-20(26(27,28)29)24-21(35)16-23(30-18-10-6-4-7-11-18)33(25(24)31-22)19-12-8-5-9-13-19/h4-13,15-17,30H,2-3,14H2,1H3. The molecule has 0 fully saturated rings. The molecule has 1 N–H and O–H groups in total. The van der Waals surface area contributed by atoms with Crippen LogP contribution in [0.3, 0.4) is 0 Å². The summed E-state index contributed by atoms with van der Waals surface area (Å²) >= 11 is 0. The fourth-order valence-corrected chi connectivity index (χ4v) is 3.82. The molecule has 0 bridgehead atoms. The molecule has 0 saturated carbocycles. The molecule has 0 aliphatic heterocycles. The van der Waals surface area contributed by atoms with Gasteiger partial charge in [-0.25, -0.2) is 4.98 Å². The highest BCUT2D eigenvalue weighted by Gasteiger charge is 2.36. The molecule has 0 aliphatic carbocycles. The van der Waals surface area contributed by atoms with E-state index in [1.165, 1.54) is 4.57 Å². The molecule has 2 heterocycles. The topological polar surface area (TPSA) is 67.2 Å². The van der Waals surface area contributed by atoms with Crippen molar-refractivity contribution in [2.45, 2.75) is 25.9 Å². The average Bonchev–Trinajstić information content (AvgIpc) is 2.85. The molecule has 0 atom stereocenters. The molecule has 0 saturated heterocycles. The van der Waals surface area contributed by atoms with Gasteiger partial charge in [0.2, 0.25) is 6.41 Å². The Morgan fingerprint density at radius 3 is 2.29 bits per heavy atom. The van der Waals surface area contributed by atoms with E-state index in [1.54, 1.807) is 54.6 Å². The number of carbonyl (C=O) groups is 1. The van der Waals surface area contributed by atoms with E-state index < -0.39 is 22.6 Å². The number of nitrogens with one attached hydrogen (secondary N) is 1. The van der Waals surface area contributed by atoms with Gasteiger partial charge in [-0.15, -0.1) is 0 Å². The molecule has 0 aliphatic rings. The Balaban J connectivity index is 2.09. The summed E-state index contributed by atoms with van der Waals surface area (Å²) in [6, 6.07) is 19.5.